The molecule has 1 aromatic heterocycles. The van der Waals surface area contributed by atoms with Crippen LogP contribution >= 0.6 is 11.3 Å². The Morgan fingerprint density at radius 1 is 1.29 bits per heavy atom. The van der Waals surface area contributed by atoms with E-state index >= 15 is 0 Å². The van der Waals surface area contributed by atoms with Gasteiger partial charge in [-0.1, -0.05) is 17.7 Å². The fourth-order valence-electron chi connectivity index (χ4n) is 2.28. The van der Waals surface area contributed by atoms with Gasteiger partial charge < -0.3 is 10.1 Å². The van der Waals surface area contributed by atoms with E-state index in [0.717, 1.165) is 22.5 Å². The highest BCUT2D eigenvalue weighted by Crippen LogP contribution is 2.33. The van der Waals surface area contributed by atoms with Crippen LogP contribution in [0.4, 0.5) is 5.00 Å². The molecule has 5 nitrogen and oxygen atoms in total. The molecule has 0 aliphatic heterocycles. The Morgan fingerprint density at radius 3 is 2.62 bits per heavy atom. The van der Waals surface area contributed by atoms with Gasteiger partial charge in [-0.2, -0.15) is 5.26 Å². The monoisotopic (exact) mass is 342 g/mol. The number of benzene rings is 1. The van der Waals surface area contributed by atoms with Crippen molar-refractivity contribution in [2.45, 2.75) is 27.7 Å². The maximum Gasteiger partial charge on any atom is 0.348 e. The summed E-state index contributed by atoms with van der Waals surface area (Å²) in [5, 5.41) is 12.5. The predicted octanol–water partition coefficient (Wildman–Crippen LogP) is 3.97. The van der Waals surface area contributed by atoms with Crippen molar-refractivity contribution in [2.24, 2.45) is 0 Å². The molecule has 0 aliphatic rings. The van der Waals surface area contributed by atoms with Gasteiger partial charge in [0.25, 0.3) is 5.91 Å². The summed E-state index contributed by atoms with van der Waals surface area (Å²) in [6, 6.07) is 7.65. The molecule has 1 aromatic carbocycles. The molecule has 24 heavy (non-hydrogen) atoms. The van der Waals surface area contributed by atoms with E-state index in [2.05, 4.69) is 11.4 Å². The van der Waals surface area contributed by atoms with Crippen LogP contribution in [0.2, 0.25) is 0 Å². The Balaban J connectivity index is 2.37. The number of nitriles is 1. The maximum absolute atomic E-state index is 12.5. The van der Waals surface area contributed by atoms with E-state index in [0.29, 0.717) is 26.6 Å². The second-order valence-corrected chi connectivity index (χ2v) is 6.39. The fraction of sp³-hybridized carbons (Fsp3) is 0.278. The van der Waals surface area contributed by atoms with Crippen LogP contribution in [0.25, 0.3) is 0 Å². The van der Waals surface area contributed by atoms with Gasteiger partial charge in [0.05, 0.1) is 12.2 Å². The number of rotatable bonds is 4. The second kappa shape index (κ2) is 7.28. The van der Waals surface area contributed by atoms with Crippen LogP contribution in [0.15, 0.2) is 18.2 Å². The van der Waals surface area contributed by atoms with Gasteiger partial charge in [0.15, 0.2) is 0 Å². The predicted molar refractivity (Wildman–Crippen MR) is 93.6 cm³/mol. The Bertz CT molecular complexity index is 847. The van der Waals surface area contributed by atoms with Gasteiger partial charge in [0, 0.05) is 5.56 Å². The average molecular weight is 342 g/mol. The molecule has 0 bridgehead atoms. The molecule has 1 N–H and O–H groups in total. The lowest BCUT2D eigenvalue weighted by Crippen LogP contribution is -2.13. The summed E-state index contributed by atoms with van der Waals surface area (Å²) in [5.41, 5.74) is 3.18. The van der Waals surface area contributed by atoms with E-state index in [1.54, 1.807) is 19.9 Å². The van der Waals surface area contributed by atoms with Crippen LogP contribution in [-0.4, -0.2) is 18.5 Å². The first kappa shape index (κ1) is 17.7. The highest BCUT2D eigenvalue weighted by atomic mass is 32.1. The zero-order valence-corrected chi connectivity index (χ0v) is 14.8. The number of ether oxygens (including phenoxy) is 1. The molecule has 2 rings (SSSR count). The lowest BCUT2D eigenvalue weighted by atomic mass is 10.1. The molecule has 0 aliphatic carbocycles. The van der Waals surface area contributed by atoms with Gasteiger partial charge in [-0.3, -0.25) is 4.79 Å². The minimum absolute atomic E-state index is 0.252. The lowest BCUT2D eigenvalue weighted by Gasteiger charge is -2.07. The number of esters is 1. The smallest absolute Gasteiger partial charge is 0.348 e. The first-order valence-corrected chi connectivity index (χ1v) is 8.29. The molecular weight excluding hydrogens is 324 g/mol. The van der Waals surface area contributed by atoms with Gasteiger partial charge in [0.1, 0.15) is 15.9 Å². The highest BCUT2D eigenvalue weighted by molar-refractivity contribution is 7.18. The summed E-state index contributed by atoms with van der Waals surface area (Å²) >= 11 is 1.06. The number of thiophene rings is 1. The molecule has 0 saturated heterocycles. The van der Waals surface area contributed by atoms with Crippen molar-refractivity contribution in [3.63, 3.8) is 0 Å². The number of nitrogens with one attached hydrogen (secondary N) is 1. The van der Waals surface area contributed by atoms with Crippen molar-refractivity contribution in [2.75, 3.05) is 11.9 Å². The summed E-state index contributed by atoms with van der Waals surface area (Å²) in [6.07, 6.45) is 0. The van der Waals surface area contributed by atoms with Crippen molar-refractivity contribution in [3.05, 3.63) is 50.9 Å². The van der Waals surface area contributed by atoms with E-state index in [1.165, 1.54) is 0 Å². The lowest BCUT2D eigenvalue weighted by molar-refractivity contribution is 0.0531. The average Bonchev–Trinajstić information content (AvgIpc) is 2.85. The quantitative estimate of drug-likeness (QED) is 0.853. The van der Waals surface area contributed by atoms with Crippen molar-refractivity contribution >= 4 is 28.2 Å². The Hall–Kier alpha value is -2.65. The number of hydrogen-bond donors (Lipinski definition) is 1. The summed E-state index contributed by atoms with van der Waals surface area (Å²) in [4.78, 5) is 24.8. The second-order valence-electron chi connectivity index (χ2n) is 5.37. The number of carbonyl (C=O) groups excluding carboxylic acids is 2. The first-order chi connectivity index (χ1) is 11.4. The largest absolute Gasteiger partial charge is 0.462 e. The molecule has 6 heteroatoms. The molecule has 0 atom stereocenters. The molecule has 0 unspecified atom stereocenters. The molecule has 124 valence electrons. The van der Waals surface area contributed by atoms with Crippen molar-refractivity contribution < 1.29 is 14.3 Å². The number of hydrogen-bond acceptors (Lipinski definition) is 5. The van der Waals surface area contributed by atoms with E-state index in [-0.39, 0.29) is 12.5 Å². The van der Waals surface area contributed by atoms with Crippen molar-refractivity contribution in [3.8, 4) is 6.07 Å². The molecule has 0 spiro atoms. The Kier molecular flexibility index (Phi) is 5.37. The van der Waals surface area contributed by atoms with Crippen molar-refractivity contribution in [1.82, 2.24) is 0 Å². The van der Waals surface area contributed by atoms with Crippen LogP contribution < -0.4 is 5.32 Å². The summed E-state index contributed by atoms with van der Waals surface area (Å²) in [5.74, 6) is -0.784. The van der Waals surface area contributed by atoms with Crippen LogP contribution in [-0.2, 0) is 4.74 Å². The maximum atomic E-state index is 12.5. The Morgan fingerprint density at radius 2 is 2.00 bits per heavy atom. The number of carbonyl (C=O) groups is 2. The third kappa shape index (κ3) is 3.47. The summed E-state index contributed by atoms with van der Waals surface area (Å²) in [6.45, 7) is 7.40. The van der Waals surface area contributed by atoms with Crippen LogP contribution in [0, 0.1) is 32.1 Å². The van der Waals surface area contributed by atoms with Crippen LogP contribution in [0.3, 0.4) is 0 Å². The number of amides is 1. The zero-order chi connectivity index (χ0) is 17.9. The summed E-state index contributed by atoms with van der Waals surface area (Å²) in [7, 11) is 0. The molecule has 0 radical (unpaired) electrons. The van der Waals surface area contributed by atoms with Gasteiger partial charge in [0.2, 0.25) is 0 Å². The molecule has 2 aromatic rings. The van der Waals surface area contributed by atoms with E-state index < -0.39 is 5.97 Å². The standard InChI is InChI=1S/C18H18N2O3S/c1-5-23-18(22)15-12(4)14(9-19)17(24-15)20-16(21)13-8-10(2)6-7-11(13)3/h6-8H,5H2,1-4H3,(H,20,21). The third-order valence-electron chi connectivity index (χ3n) is 3.58. The minimum Gasteiger partial charge on any atom is -0.462 e. The normalized spacial score (nSPS) is 10.1. The van der Waals surface area contributed by atoms with E-state index in [4.69, 9.17) is 4.74 Å². The molecule has 1 heterocycles. The first-order valence-electron chi connectivity index (χ1n) is 7.48. The molecule has 1 amide bonds. The SMILES string of the molecule is CCOC(=O)c1sc(NC(=O)c2cc(C)ccc2C)c(C#N)c1C. The topological polar surface area (TPSA) is 79.2 Å². The van der Waals surface area contributed by atoms with Crippen LogP contribution in [0.5, 0.6) is 0 Å². The van der Waals surface area contributed by atoms with Gasteiger partial charge in [-0.05, 0) is 44.9 Å². The third-order valence-corrected chi connectivity index (χ3v) is 4.77. The van der Waals surface area contributed by atoms with Gasteiger partial charge in [-0.15, -0.1) is 11.3 Å². The van der Waals surface area contributed by atoms with Gasteiger partial charge >= 0.3 is 5.97 Å². The fourth-order valence-corrected chi connectivity index (χ4v) is 3.32. The summed E-state index contributed by atoms with van der Waals surface area (Å²) < 4.78 is 5.00. The number of anilines is 1. The van der Waals surface area contributed by atoms with E-state index in [1.807, 2.05) is 26.0 Å². The molecule has 0 fully saturated rings. The number of nitrogens with zero attached hydrogens (tertiary/aromatic N) is 1. The number of aryl methyl sites for hydroxylation is 2. The minimum atomic E-state index is -0.483. The highest BCUT2D eigenvalue weighted by Gasteiger charge is 2.22. The van der Waals surface area contributed by atoms with Gasteiger partial charge in [-0.25, -0.2) is 4.79 Å². The van der Waals surface area contributed by atoms with Crippen LogP contribution in [0.1, 0.15) is 49.2 Å². The molecular formula is C18H18N2O3S. The Labute approximate surface area is 144 Å². The van der Waals surface area contributed by atoms with Crippen molar-refractivity contribution in [1.29, 1.82) is 5.26 Å². The van der Waals surface area contributed by atoms with E-state index in [9.17, 15) is 14.9 Å². The molecule has 0 saturated carbocycles. The zero-order valence-electron chi connectivity index (χ0n) is 14.0.